The molecule has 0 saturated heterocycles. The van der Waals surface area contributed by atoms with Crippen LogP contribution < -0.4 is 5.73 Å². The first-order valence-electron chi connectivity index (χ1n) is 6.51. The Balaban J connectivity index is 2.25. The van der Waals surface area contributed by atoms with Gasteiger partial charge in [-0.15, -0.1) is 11.8 Å². The molecule has 0 bridgehead atoms. The lowest BCUT2D eigenvalue weighted by Gasteiger charge is -2.08. The number of fused-ring (bicyclic) bond motifs is 1. The van der Waals surface area contributed by atoms with E-state index in [0.29, 0.717) is 5.95 Å². The van der Waals surface area contributed by atoms with Gasteiger partial charge in [0, 0.05) is 11.4 Å². The molecular weight excluding hydrogens is 270 g/mol. The summed E-state index contributed by atoms with van der Waals surface area (Å²) in [5, 5.41) is 4.50. The Morgan fingerprint density at radius 2 is 1.95 bits per heavy atom. The lowest BCUT2D eigenvalue weighted by Crippen LogP contribution is -2.06. The van der Waals surface area contributed by atoms with Crippen molar-refractivity contribution in [3.05, 3.63) is 30.0 Å². The van der Waals surface area contributed by atoms with E-state index in [2.05, 4.69) is 47.5 Å². The van der Waals surface area contributed by atoms with E-state index in [0.717, 1.165) is 29.1 Å². The van der Waals surface area contributed by atoms with E-state index in [1.165, 1.54) is 4.90 Å². The average molecular weight is 287 g/mol. The summed E-state index contributed by atoms with van der Waals surface area (Å²) in [5.74, 6) is 0.500. The molecule has 0 radical (unpaired) electrons. The SMILES string of the molecule is CCn1nc(C)c2nc(N)n(-c3ccc(SC)cc3)c21. The van der Waals surface area contributed by atoms with Crippen LogP contribution in [0, 0.1) is 6.92 Å². The molecule has 0 aliphatic carbocycles. The molecular formula is C14H17N5S. The van der Waals surface area contributed by atoms with Crippen molar-refractivity contribution < 1.29 is 0 Å². The van der Waals surface area contributed by atoms with E-state index in [1.54, 1.807) is 11.8 Å². The van der Waals surface area contributed by atoms with E-state index < -0.39 is 0 Å². The highest BCUT2D eigenvalue weighted by Gasteiger charge is 2.17. The van der Waals surface area contributed by atoms with Gasteiger partial charge < -0.3 is 5.73 Å². The molecule has 0 aliphatic heterocycles. The molecule has 0 amide bonds. The van der Waals surface area contributed by atoms with Gasteiger partial charge in [0.1, 0.15) is 5.52 Å². The number of thioether (sulfide) groups is 1. The second-order valence-corrected chi connectivity index (χ2v) is 5.46. The van der Waals surface area contributed by atoms with Gasteiger partial charge in [0.25, 0.3) is 0 Å². The number of nitrogens with zero attached hydrogens (tertiary/aromatic N) is 4. The third-order valence-electron chi connectivity index (χ3n) is 3.37. The van der Waals surface area contributed by atoms with Crippen molar-refractivity contribution in [3.8, 4) is 5.69 Å². The van der Waals surface area contributed by atoms with Crippen LogP contribution >= 0.6 is 11.8 Å². The van der Waals surface area contributed by atoms with Crippen molar-refractivity contribution in [1.29, 1.82) is 0 Å². The molecule has 2 heterocycles. The fourth-order valence-electron chi connectivity index (χ4n) is 2.39. The summed E-state index contributed by atoms with van der Waals surface area (Å²) in [7, 11) is 0. The summed E-state index contributed by atoms with van der Waals surface area (Å²) in [4.78, 5) is 5.68. The van der Waals surface area contributed by atoms with E-state index >= 15 is 0 Å². The normalized spacial score (nSPS) is 11.3. The maximum Gasteiger partial charge on any atom is 0.207 e. The van der Waals surface area contributed by atoms with Crippen molar-refractivity contribution in [2.24, 2.45) is 0 Å². The van der Waals surface area contributed by atoms with Gasteiger partial charge in [-0.3, -0.25) is 4.57 Å². The van der Waals surface area contributed by atoms with Gasteiger partial charge in [0.05, 0.1) is 11.4 Å². The van der Waals surface area contributed by atoms with Gasteiger partial charge in [-0.1, -0.05) is 0 Å². The molecule has 0 spiro atoms. The highest BCUT2D eigenvalue weighted by Crippen LogP contribution is 2.26. The summed E-state index contributed by atoms with van der Waals surface area (Å²) in [6, 6.07) is 8.30. The van der Waals surface area contributed by atoms with Gasteiger partial charge in [-0.05, 0) is 44.4 Å². The highest BCUT2D eigenvalue weighted by atomic mass is 32.2. The van der Waals surface area contributed by atoms with E-state index in [-0.39, 0.29) is 0 Å². The molecule has 0 saturated carbocycles. The fourth-order valence-corrected chi connectivity index (χ4v) is 2.80. The Labute approximate surface area is 121 Å². The molecule has 0 atom stereocenters. The second-order valence-electron chi connectivity index (χ2n) is 4.58. The molecule has 20 heavy (non-hydrogen) atoms. The maximum absolute atomic E-state index is 6.10. The van der Waals surface area contributed by atoms with E-state index in [4.69, 9.17) is 5.73 Å². The number of rotatable bonds is 3. The first-order valence-corrected chi connectivity index (χ1v) is 7.74. The number of imidazole rings is 1. The van der Waals surface area contributed by atoms with Gasteiger partial charge in [-0.25, -0.2) is 9.67 Å². The number of nitrogen functional groups attached to an aromatic ring is 1. The fraction of sp³-hybridized carbons (Fsp3) is 0.286. The summed E-state index contributed by atoms with van der Waals surface area (Å²) in [5.41, 5.74) is 9.85. The zero-order chi connectivity index (χ0) is 14.3. The molecule has 5 nitrogen and oxygen atoms in total. The lowest BCUT2D eigenvalue weighted by molar-refractivity contribution is 0.663. The van der Waals surface area contributed by atoms with Crippen LogP contribution in [0.15, 0.2) is 29.2 Å². The molecule has 0 unspecified atom stereocenters. The molecule has 104 valence electrons. The lowest BCUT2D eigenvalue weighted by atomic mass is 10.3. The number of aromatic nitrogens is 4. The van der Waals surface area contributed by atoms with Crippen molar-refractivity contribution in [2.45, 2.75) is 25.3 Å². The number of hydrogen-bond donors (Lipinski definition) is 1. The summed E-state index contributed by atoms with van der Waals surface area (Å²) < 4.78 is 3.90. The summed E-state index contributed by atoms with van der Waals surface area (Å²) in [6.07, 6.45) is 2.06. The number of aryl methyl sites for hydroxylation is 2. The summed E-state index contributed by atoms with van der Waals surface area (Å²) >= 11 is 1.72. The maximum atomic E-state index is 6.10. The van der Waals surface area contributed by atoms with Gasteiger partial charge in [0.15, 0.2) is 5.65 Å². The van der Waals surface area contributed by atoms with E-state index in [1.807, 2.05) is 16.2 Å². The van der Waals surface area contributed by atoms with Crippen LogP contribution in [0.3, 0.4) is 0 Å². The minimum absolute atomic E-state index is 0.500. The van der Waals surface area contributed by atoms with E-state index in [9.17, 15) is 0 Å². The predicted octanol–water partition coefficient (Wildman–Crippen LogP) is 2.85. The number of anilines is 1. The zero-order valence-electron chi connectivity index (χ0n) is 11.8. The van der Waals surface area contributed by atoms with Gasteiger partial charge in [0.2, 0.25) is 5.95 Å². The number of benzene rings is 1. The average Bonchev–Trinajstić information content (AvgIpc) is 2.96. The molecule has 2 aromatic heterocycles. The molecule has 0 fully saturated rings. The second kappa shape index (κ2) is 4.86. The Bertz CT molecular complexity index is 754. The Morgan fingerprint density at radius 3 is 2.55 bits per heavy atom. The molecule has 6 heteroatoms. The Hall–Kier alpha value is -1.95. The largest absolute Gasteiger partial charge is 0.369 e. The Morgan fingerprint density at radius 1 is 1.25 bits per heavy atom. The topological polar surface area (TPSA) is 61.7 Å². The first kappa shape index (κ1) is 13.1. The molecule has 3 aromatic rings. The highest BCUT2D eigenvalue weighted by molar-refractivity contribution is 7.98. The van der Waals surface area contributed by atoms with Crippen molar-refractivity contribution in [1.82, 2.24) is 19.3 Å². The minimum Gasteiger partial charge on any atom is -0.369 e. The predicted molar refractivity (Wildman–Crippen MR) is 83.5 cm³/mol. The van der Waals surface area contributed by atoms with Crippen molar-refractivity contribution in [3.63, 3.8) is 0 Å². The Kier molecular flexibility index (Phi) is 3.17. The van der Waals surface area contributed by atoms with Crippen LogP contribution in [-0.2, 0) is 6.54 Å². The quantitative estimate of drug-likeness (QED) is 0.752. The van der Waals surface area contributed by atoms with Gasteiger partial charge in [-0.2, -0.15) is 5.10 Å². The third kappa shape index (κ3) is 1.87. The zero-order valence-corrected chi connectivity index (χ0v) is 12.6. The third-order valence-corrected chi connectivity index (χ3v) is 4.11. The van der Waals surface area contributed by atoms with Crippen LogP contribution in [-0.4, -0.2) is 25.6 Å². The monoisotopic (exact) mass is 287 g/mol. The smallest absolute Gasteiger partial charge is 0.207 e. The summed E-state index contributed by atoms with van der Waals surface area (Å²) in [6.45, 7) is 4.82. The van der Waals surface area contributed by atoms with Crippen molar-refractivity contribution in [2.75, 3.05) is 12.0 Å². The minimum atomic E-state index is 0.500. The first-order chi connectivity index (χ1) is 9.65. The van der Waals surface area contributed by atoms with Gasteiger partial charge >= 0.3 is 0 Å². The van der Waals surface area contributed by atoms with Crippen LogP contribution in [0.1, 0.15) is 12.6 Å². The van der Waals surface area contributed by atoms with Crippen LogP contribution in [0.2, 0.25) is 0 Å². The molecule has 3 rings (SSSR count). The van der Waals surface area contributed by atoms with Crippen LogP contribution in [0.25, 0.3) is 16.9 Å². The molecule has 0 aliphatic rings. The number of nitrogens with two attached hydrogens (primary N) is 1. The van der Waals surface area contributed by atoms with Crippen LogP contribution in [0.4, 0.5) is 5.95 Å². The van der Waals surface area contributed by atoms with Crippen LogP contribution in [0.5, 0.6) is 0 Å². The molecule has 1 aromatic carbocycles. The van der Waals surface area contributed by atoms with Crippen molar-refractivity contribution >= 4 is 28.9 Å². The number of hydrogen-bond acceptors (Lipinski definition) is 4. The molecule has 2 N–H and O–H groups in total. The standard InChI is InChI=1S/C14H17N5S/c1-4-18-13-12(9(2)17-18)16-14(15)19(13)10-5-7-11(20-3)8-6-10/h5-8H,4H2,1-3H3,(H2,15,16).